The van der Waals surface area contributed by atoms with Gasteiger partial charge in [-0.25, -0.2) is 0 Å². The van der Waals surface area contributed by atoms with Crippen LogP contribution in [0.15, 0.2) is 16.8 Å². The van der Waals surface area contributed by atoms with Crippen molar-refractivity contribution in [3.63, 3.8) is 0 Å². The van der Waals surface area contributed by atoms with Crippen LogP contribution in [0.3, 0.4) is 0 Å². The van der Waals surface area contributed by atoms with Gasteiger partial charge in [0.2, 0.25) is 5.76 Å². The van der Waals surface area contributed by atoms with Crippen molar-refractivity contribution < 1.29 is 4.52 Å². The van der Waals surface area contributed by atoms with Crippen LogP contribution in [0.25, 0.3) is 0 Å². The summed E-state index contributed by atoms with van der Waals surface area (Å²) in [7, 11) is 0. The number of hydrogen-bond acceptors (Lipinski definition) is 3. The molecule has 1 aromatic heterocycles. The normalized spacial score (nSPS) is 21.1. The fourth-order valence-electron chi connectivity index (χ4n) is 1.47. The highest BCUT2D eigenvalue weighted by Crippen LogP contribution is 2.07. The SMILES string of the molecule is C(#Cc1ccno1)CC1CCCN1. The lowest BCUT2D eigenvalue weighted by Crippen LogP contribution is -2.20. The molecule has 1 aliphatic rings. The molecule has 1 saturated heterocycles. The smallest absolute Gasteiger partial charge is 0.209 e. The molecule has 3 nitrogen and oxygen atoms in total. The lowest BCUT2D eigenvalue weighted by atomic mass is 10.2. The van der Waals surface area contributed by atoms with E-state index < -0.39 is 0 Å². The number of rotatable bonds is 1. The van der Waals surface area contributed by atoms with Crippen molar-refractivity contribution in [2.45, 2.75) is 25.3 Å². The van der Waals surface area contributed by atoms with Crippen molar-refractivity contribution in [3.05, 3.63) is 18.0 Å². The maximum absolute atomic E-state index is 4.85. The Hall–Kier alpha value is -1.27. The molecule has 0 radical (unpaired) electrons. The second-order valence-corrected chi connectivity index (χ2v) is 3.18. The van der Waals surface area contributed by atoms with E-state index in [1.807, 2.05) is 0 Å². The van der Waals surface area contributed by atoms with Gasteiger partial charge in [0.25, 0.3) is 0 Å². The van der Waals surface area contributed by atoms with E-state index in [1.165, 1.54) is 12.8 Å². The van der Waals surface area contributed by atoms with Crippen molar-refractivity contribution in [2.75, 3.05) is 6.54 Å². The minimum absolute atomic E-state index is 0.579. The third-order valence-corrected chi connectivity index (χ3v) is 2.16. The van der Waals surface area contributed by atoms with Gasteiger partial charge in [-0.2, -0.15) is 0 Å². The lowest BCUT2D eigenvalue weighted by molar-refractivity contribution is 0.411. The third-order valence-electron chi connectivity index (χ3n) is 2.16. The van der Waals surface area contributed by atoms with E-state index in [0.29, 0.717) is 11.8 Å². The summed E-state index contributed by atoms with van der Waals surface area (Å²) < 4.78 is 4.85. The average molecular weight is 176 g/mol. The molecule has 68 valence electrons. The molecule has 13 heavy (non-hydrogen) atoms. The molecule has 1 atom stereocenters. The van der Waals surface area contributed by atoms with Crippen LogP contribution in [-0.2, 0) is 0 Å². The summed E-state index contributed by atoms with van der Waals surface area (Å²) in [5.41, 5.74) is 0. The summed E-state index contributed by atoms with van der Waals surface area (Å²) in [6.07, 6.45) is 5.03. The molecule has 3 heteroatoms. The number of hydrogen-bond donors (Lipinski definition) is 1. The zero-order valence-corrected chi connectivity index (χ0v) is 7.42. The van der Waals surface area contributed by atoms with E-state index in [0.717, 1.165) is 13.0 Å². The van der Waals surface area contributed by atoms with E-state index in [-0.39, 0.29) is 0 Å². The Morgan fingerprint density at radius 1 is 1.69 bits per heavy atom. The standard InChI is InChI=1S/C10H12N2O/c1(3-9-4-2-7-11-9)5-10-6-8-12-13-10/h6,8-9,11H,2-4,7H2. The molecule has 2 heterocycles. The zero-order valence-electron chi connectivity index (χ0n) is 7.42. The van der Waals surface area contributed by atoms with Gasteiger partial charge < -0.3 is 9.84 Å². The van der Waals surface area contributed by atoms with Crippen molar-refractivity contribution in [2.24, 2.45) is 0 Å². The molecule has 0 spiro atoms. The van der Waals surface area contributed by atoms with Crippen LogP contribution in [0.4, 0.5) is 0 Å². The Balaban J connectivity index is 1.83. The molecule has 1 fully saturated rings. The molecule has 1 aliphatic heterocycles. The molecular weight excluding hydrogens is 164 g/mol. The predicted octanol–water partition coefficient (Wildman–Crippen LogP) is 1.17. The summed E-state index contributed by atoms with van der Waals surface area (Å²) in [6, 6.07) is 2.35. The average Bonchev–Trinajstić information content (AvgIpc) is 2.75. The maximum atomic E-state index is 4.85. The van der Waals surface area contributed by atoms with Crippen LogP contribution >= 0.6 is 0 Å². The minimum Gasteiger partial charge on any atom is -0.348 e. The van der Waals surface area contributed by atoms with Crippen LogP contribution in [0.1, 0.15) is 25.0 Å². The summed E-state index contributed by atoms with van der Waals surface area (Å²) in [5, 5.41) is 6.97. The first-order valence-corrected chi connectivity index (χ1v) is 4.58. The van der Waals surface area contributed by atoms with Gasteiger partial charge in [0.1, 0.15) is 0 Å². The van der Waals surface area contributed by atoms with Crippen LogP contribution in [0, 0.1) is 11.8 Å². The molecular formula is C10H12N2O. The van der Waals surface area contributed by atoms with Gasteiger partial charge in [-0.3, -0.25) is 0 Å². The third kappa shape index (κ3) is 2.33. The maximum Gasteiger partial charge on any atom is 0.209 e. The molecule has 0 saturated carbocycles. The lowest BCUT2D eigenvalue weighted by Gasteiger charge is -2.02. The fourth-order valence-corrected chi connectivity index (χ4v) is 1.47. The first-order chi connectivity index (χ1) is 6.45. The molecule has 0 aromatic carbocycles. The van der Waals surface area contributed by atoms with Gasteiger partial charge >= 0.3 is 0 Å². The minimum atomic E-state index is 0.579. The zero-order chi connectivity index (χ0) is 8.93. The van der Waals surface area contributed by atoms with Crippen LogP contribution in [0.5, 0.6) is 0 Å². The molecule has 1 aromatic rings. The van der Waals surface area contributed by atoms with Gasteiger partial charge in [-0.15, -0.1) is 0 Å². The second kappa shape index (κ2) is 4.11. The topological polar surface area (TPSA) is 38.1 Å². The Morgan fingerprint density at radius 3 is 3.38 bits per heavy atom. The Morgan fingerprint density at radius 2 is 2.69 bits per heavy atom. The molecule has 1 N–H and O–H groups in total. The highest BCUT2D eigenvalue weighted by atomic mass is 16.5. The van der Waals surface area contributed by atoms with Crippen molar-refractivity contribution >= 4 is 0 Å². The fraction of sp³-hybridized carbons (Fsp3) is 0.500. The van der Waals surface area contributed by atoms with E-state index in [9.17, 15) is 0 Å². The van der Waals surface area contributed by atoms with Crippen LogP contribution < -0.4 is 5.32 Å². The number of nitrogens with zero attached hydrogens (tertiary/aromatic N) is 1. The molecule has 0 amide bonds. The van der Waals surface area contributed by atoms with Gasteiger partial charge in [0.05, 0.1) is 6.20 Å². The van der Waals surface area contributed by atoms with Gasteiger partial charge in [0.15, 0.2) is 0 Å². The molecule has 0 bridgehead atoms. The monoisotopic (exact) mass is 176 g/mol. The Bertz CT molecular complexity index is 301. The summed E-state index contributed by atoms with van der Waals surface area (Å²) >= 11 is 0. The summed E-state index contributed by atoms with van der Waals surface area (Å²) in [5.74, 6) is 6.67. The van der Waals surface area contributed by atoms with E-state index in [4.69, 9.17) is 4.52 Å². The van der Waals surface area contributed by atoms with E-state index >= 15 is 0 Å². The van der Waals surface area contributed by atoms with Gasteiger partial charge in [-0.05, 0) is 25.3 Å². The summed E-state index contributed by atoms with van der Waals surface area (Å²) in [4.78, 5) is 0. The van der Waals surface area contributed by atoms with Crippen LogP contribution in [0.2, 0.25) is 0 Å². The van der Waals surface area contributed by atoms with Gasteiger partial charge in [-0.1, -0.05) is 11.1 Å². The van der Waals surface area contributed by atoms with E-state index in [1.54, 1.807) is 12.3 Å². The highest BCUT2D eigenvalue weighted by Gasteiger charge is 2.11. The number of nitrogens with one attached hydrogen (secondary N) is 1. The number of aromatic nitrogens is 1. The predicted molar refractivity (Wildman–Crippen MR) is 49.0 cm³/mol. The molecule has 0 aliphatic carbocycles. The first-order valence-electron chi connectivity index (χ1n) is 4.58. The summed E-state index contributed by atoms with van der Waals surface area (Å²) in [6.45, 7) is 1.13. The Kier molecular flexibility index (Phi) is 2.63. The highest BCUT2D eigenvalue weighted by molar-refractivity contribution is 5.23. The first kappa shape index (κ1) is 8.33. The quantitative estimate of drug-likeness (QED) is 0.653. The molecule has 1 unspecified atom stereocenters. The largest absolute Gasteiger partial charge is 0.348 e. The van der Waals surface area contributed by atoms with Crippen molar-refractivity contribution in [1.82, 2.24) is 10.5 Å². The molecule has 2 rings (SSSR count). The van der Waals surface area contributed by atoms with Crippen molar-refractivity contribution in [3.8, 4) is 11.8 Å². The van der Waals surface area contributed by atoms with Gasteiger partial charge in [0, 0.05) is 18.5 Å². The van der Waals surface area contributed by atoms with Crippen LogP contribution in [-0.4, -0.2) is 17.7 Å². The Labute approximate surface area is 77.5 Å². The second-order valence-electron chi connectivity index (χ2n) is 3.18. The van der Waals surface area contributed by atoms with Crippen molar-refractivity contribution in [1.29, 1.82) is 0 Å². The van der Waals surface area contributed by atoms with E-state index in [2.05, 4.69) is 22.3 Å².